The largest absolute Gasteiger partial charge is 0.356 e. The van der Waals surface area contributed by atoms with Crippen molar-refractivity contribution in [2.24, 2.45) is 4.99 Å². The molecule has 0 unspecified atom stereocenters. The van der Waals surface area contributed by atoms with Crippen LogP contribution in [0.5, 0.6) is 0 Å². The molecule has 1 saturated heterocycles. The van der Waals surface area contributed by atoms with Crippen LogP contribution in [0, 0.1) is 20.8 Å². The summed E-state index contributed by atoms with van der Waals surface area (Å²) in [6, 6.07) is 17.6. The van der Waals surface area contributed by atoms with E-state index in [1.165, 1.54) is 4.88 Å². The summed E-state index contributed by atoms with van der Waals surface area (Å²) in [6.07, 6.45) is 4.63. The molecule has 5 heterocycles. The Hall–Kier alpha value is -4.67. The molecular formula is C38H36ClN7O2S. The lowest BCUT2D eigenvalue weighted by molar-refractivity contribution is -0.122. The smallest absolute Gasteiger partial charge is 0.222 e. The standard InChI is InChI=1S/C38H36ClN7O2S/c1-21-22(2)49-38-34(21)35(24-8-10-28(39)11-9-24)42-32(37-44-43-23(3)46(37)38)20-33(48)41-29-12-15-45(16-13-29)36-31(5-4-14-40-36)26-7-6-25-18-30(47)19-27(25)17-26/h4-11,14,17,29,32H,12-13,15-16,18-20H2,1-3H3,(H,41,48)/t32-/m0/s1. The van der Waals surface area contributed by atoms with Gasteiger partial charge in [-0.25, -0.2) is 4.98 Å². The highest BCUT2D eigenvalue weighted by Gasteiger charge is 2.33. The van der Waals surface area contributed by atoms with E-state index in [4.69, 9.17) is 21.6 Å². The number of ketones is 1. The van der Waals surface area contributed by atoms with Crippen LogP contribution in [0.1, 0.15) is 69.6 Å². The summed E-state index contributed by atoms with van der Waals surface area (Å²) < 4.78 is 2.08. The second-order valence-corrected chi connectivity index (χ2v) is 14.8. The van der Waals surface area contributed by atoms with Crippen LogP contribution >= 0.6 is 22.9 Å². The Bertz CT molecular complexity index is 2140. The molecule has 1 atom stereocenters. The molecule has 1 amide bonds. The molecule has 3 aromatic heterocycles. The monoisotopic (exact) mass is 689 g/mol. The van der Waals surface area contributed by atoms with Crippen LogP contribution in [-0.2, 0) is 22.4 Å². The molecule has 0 radical (unpaired) electrons. The number of benzene rings is 2. The highest BCUT2D eigenvalue weighted by molar-refractivity contribution is 7.15. The van der Waals surface area contributed by atoms with Crippen molar-refractivity contribution in [1.29, 1.82) is 0 Å². The lowest BCUT2D eigenvalue weighted by atomic mass is 9.99. The van der Waals surface area contributed by atoms with Gasteiger partial charge in [0.2, 0.25) is 5.91 Å². The highest BCUT2D eigenvalue weighted by atomic mass is 35.5. The zero-order valence-corrected chi connectivity index (χ0v) is 29.2. The number of nitrogens with zero attached hydrogens (tertiary/aromatic N) is 6. The molecule has 8 rings (SSSR count). The molecule has 2 aromatic carbocycles. The molecule has 0 bridgehead atoms. The number of aryl methyl sites for hydroxylation is 2. The van der Waals surface area contributed by atoms with Gasteiger partial charge in [0.05, 0.1) is 12.1 Å². The summed E-state index contributed by atoms with van der Waals surface area (Å²) in [5, 5.41) is 14.0. The van der Waals surface area contributed by atoms with E-state index in [9.17, 15) is 9.59 Å². The van der Waals surface area contributed by atoms with E-state index in [0.29, 0.717) is 23.7 Å². The average molecular weight is 690 g/mol. The van der Waals surface area contributed by atoms with Crippen LogP contribution in [0.25, 0.3) is 16.1 Å². The number of Topliss-reactive ketones (excluding diaryl/α,β-unsaturated/α-hetero) is 1. The Morgan fingerprint density at radius 3 is 2.53 bits per heavy atom. The number of aromatic nitrogens is 4. The van der Waals surface area contributed by atoms with E-state index < -0.39 is 6.04 Å². The van der Waals surface area contributed by atoms with Crippen LogP contribution in [-0.4, -0.2) is 56.3 Å². The summed E-state index contributed by atoms with van der Waals surface area (Å²) in [6.45, 7) is 7.73. The average Bonchev–Trinajstić information content (AvgIpc) is 3.73. The first-order valence-electron chi connectivity index (χ1n) is 16.7. The quantitative estimate of drug-likeness (QED) is 0.213. The number of rotatable bonds is 6. The van der Waals surface area contributed by atoms with Gasteiger partial charge in [0.25, 0.3) is 0 Å². The number of nitrogens with one attached hydrogen (secondary N) is 1. The van der Waals surface area contributed by atoms with Crippen LogP contribution in [0.3, 0.4) is 0 Å². The van der Waals surface area contributed by atoms with E-state index in [-0.39, 0.29) is 24.2 Å². The lowest BCUT2D eigenvalue weighted by Crippen LogP contribution is -2.45. The number of aliphatic imine (C=N–C) groups is 1. The predicted molar refractivity (Wildman–Crippen MR) is 193 cm³/mol. The second kappa shape index (κ2) is 12.7. The van der Waals surface area contributed by atoms with Crippen LogP contribution in [0.4, 0.5) is 5.82 Å². The molecule has 9 nitrogen and oxygen atoms in total. The third kappa shape index (κ3) is 5.87. The number of fused-ring (bicyclic) bond motifs is 4. The molecule has 1 fully saturated rings. The number of amides is 1. The number of carbonyl (C=O) groups is 2. The van der Waals surface area contributed by atoms with Crippen LogP contribution < -0.4 is 10.2 Å². The number of hydrogen-bond acceptors (Lipinski definition) is 8. The predicted octanol–water partition coefficient (Wildman–Crippen LogP) is 6.70. The van der Waals surface area contributed by atoms with E-state index in [1.807, 2.05) is 43.5 Å². The van der Waals surface area contributed by atoms with Gasteiger partial charge >= 0.3 is 0 Å². The first-order chi connectivity index (χ1) is 23.7. The molecular weight excluding hydrogens is 654 g/mol. The van der Waals surface area contributed by atoms with Gasteiger partial charge in [-0.15, -0.1) is 21.5 Å². The Balaban J connectivity index is 1.00. The molecule has 5 aromatic rings. The van der Waals surface area contributed by atoms with Crippen LogP contribution in [0.2, 0.25) is 5.02 Å². The zero-order valence-electron chi connectivity index (χ0n) is 27.7. The Morgan fingerprint density at radius 2 is 1.73 bits per heavy atom. The fourth-order valence-electron chi connectivity index (χ4n) is 7.32. The molecule has 3 aliphatic rings. The third-order valence-electron chi connectivity index (χ3n) is 9.97. The number of anilines is 1. The molecule has 0 spiro atoms. The molecule has 0 saturated carbocycles. The van der Waals surface area contributed by atoms with Crippen molar-refractivity contribution in [3.8, 4) is 16.1 Å². The number of carbonyl (C=O) groups excluding carboxylic acids is 2. The van der Waals surface area contributed by atoms with Gasteiger partial charge in [0.15, 0.2) is 5.82 Å². The van der Waals surface area contributed by atoms with E-state index in [0.717, 1.165) is 87.2 Å². The summed E-state index contributed by atoms with van der Waals surface area (Å²) in [5.74, 6) is 2.60. The Morgan fingerprint density at radius 1 is 0.980 bits per heavy atom. The molecule has 11 heteroatoms. The SMILES string of the molecule is Cc1sc2c(c1C)C(c1ccc(Cl)cc1)=N[C@@H](CC(=O)NC1CCN(c3ncccc3-c3ccc4c(c3)CC(=O)C4)CC1)c1nnc(C)n1-2. The lowest BCUT2D eigenvalue weighted by Gasteiger charge is -2.34. The third-order valence-corrected chi connectivity index (χ3v) is 11.4. The fourth-order valence-corrected chi connectivity index (χ4v) is 8.66. The molecule has 248 valence electrons. The minimum absolute atomic E-state index is 0.0403. The summed E-state index contributed by atoms with van der Waals surface area (Å²) >= 11 is 7.96. The van der Waals surface area contributed by atoms with E-state index >= 15 is 0 Å². The highest BCUT2D eigenvalue weighted by Crippen LogP contribution is 2.40. The summed E-state index contributed by atoms with van der Waals surface area (Å²) in [7, 11) is 0. The van der Waals surface area contributed by atoms with Gasteiger partial charge in [0.1, 0.15) is 28.5 Å². The summed E-state index contributed by atoms with van der Waals surface area (Å²) in [4.78, 5) is 39.3. The van der Waals surface area contributed by atoms with Gasteiger partial charge in [-0.1, -0.05) is 41.9 Å². The molecule has 1 N–H and O–H groups in total. The fraction of sp³-hybridized carbons (Fsp3) is 0.316. The van der Waals surface area contributed by atoms with E-state index in [2.05, 4.69) is 63.1 Å². The number of hydrogen-bond donors (Lipinski definition) is 1. The van der Waals surface area contributed by atoms with Crippen LogP contribution in [0.15, 0.2) is 65.8 Å². The minimum atomic E-state index is -0.509. The Labute approximate surface area is 294 Å². The van der Waals surface area contributed by atoms with Crippen molar-refractivity contribution in [2.75, 3.05) is 18.0 Å². The normalized spacial score (nSPS) is 17.3. The second-order valence-electron chi connectivity index (χ2n) is 13.2. The maximum Gasteiger partial charge on any atom is 0.222 e. The maximum atomic E-state index is 13.7. The topological polar surface area (TPSA) is 105 Å². The zero-order chi connectivity index (χ0) is 33.8. The number of piperidine rings is 1. The number of halogens is 1. The van der Waals surface area contributed by atoms with Crippen molar-refractivity contribution >= 4 is 46.2 Å². The van der Waals surface area contributed by atoms with Crippen molar-refractivity contribution in [2.45, 2.75) is 65.0 Å². The van der Waals surface area contributed by atoms with Crippen molar-refractivity contribution in [1.82, 2.24) is 25.1 Å². The first kappa shape index (κ1) is 31.6. The van der Waals surface area contributed by atoms with Gasteiger partial charge in [-0.05, 0) is 80.1 Å². The molecule has 49 heavy (non-hydrogen) atoms. The van der Waals surface area contributed by atoms with Crippen molar-refractivity contribution < 1.29 is 9.59 Å². The summed E-state index contributed by atoms with van der Waals surface area (Å²) in [5.41, 5.74) is 8.38. The van der Waals surface area contributed by atoms with Crippen molar-refractivity contribution in [3.63, 3.8) is 0 Å². The first-order valence-corrected chi connectivity index (χ1v) is 17.9. The number of thiophene rings is 1. The molecule has 1 aliphatic carbocycles. The number of pyridine rings is 1. The van der Waals surface area contributed by atoms with Gasteiger partial charge in [-0.3, -0.25) is 19.1 Å². The molecule has 2 aliphatic heterocycles. The van der Waals surface area contributed by atoms with Gasteiger partial charge in [-0.2, -0.15) is 0 Å². The van der Waals surface area contributed by atoms with Crippen molar-refractivity contribution in [3.05, 3.63) is 110 Å². The van der Waals surface area contributed by atoms with E-state index in [1.54, 1.807) is 11.3 Å². The minimum Gasteiger partial charge on any atom is -0.356 e. The maximum absolute atomic E-state index is 13.7. The van der Waals surface area contributed by atoms with Gasteiger partial charge < -0.3 is 10.2 Å². The van der Waals surface area contributed by atoms with Gasteiger partial charge in [0, 0.05) is 64.8 Å². The Kier molecular flexibility index (Phi) is 8.16.